The summed E-state index contributed by atoms with van der Waals surface area (Å²) >= 11 is 1.66. The van der Waals surface area contributed by atoms with Crippen LogP contribution in [-0.4, -0.2) is 107 Å². The lowest BCUT2D eigenvalue weighted by Gasteiger charge is -2.37. The van der Waals surface area contributed by atoms with Crippen molar-refractivity contribution in [2.45, 2.75) is 61.6 Å². The van der Waals surface area contributed by atoms with Gasteiger partial charge in [-0.25, -0.2) is 0 Å². The van der Waals surface area contributed by atoms with E-state index in [1.807, 2.05) is 0 Å². The molecule has 1 spiro atoms. The molecule has 2 bridgehead atoms. The van der Waals surface area contributed by atoms with E-state index in [9.17, 15) is 19.5 Å². The van der Waals surface area contributed by atoms with Crippen LogP contribution in [0.25, 0.3) is 0 Å². The molecule has 10 heteroatoms. The van der Waals surface area contributed by atoms with Crippen LogP contribution < -0.4 is 10.6 Å². The number of aliphatic hydroxyl groups excluding tert-OH is 1. The van der Waals surface area contributed by atoms with Crippen LogP contribution in [0.5, 0.6) is 0 Å². The van der Waals surface area contributed by atoms with Crippen molar-refractivity contribution in [3.63, 3.8) is 0 Å². The molecule has 0 aromatic rings. The molecule has 9 nitrogen and oxygen atoms in total. The van der Waals surface area contributed by atoms with Gasteiger partial charge in [0.2, 0.25) is 17.7 Å². The average Bonchev–Trinajstić information content (AvgIpc) is 3.38. The van der Waals surface area contributed by atoms with Crippen LogP contribution in [0.3, 0.4) is 0 Å². The van der Waals surface area contributed by atoms with Crippen molar-refractivity contribution in [1.82, 2.24) is 20.4 Å². The molecule has 34 heavy (non-hydrogen) atoms. The van der Waals surface area contributed by atoms with Crippen LogP contribution in [0, 0.1) is 17.8 Å². The highest BCUT2D eigenvalue weighted by atomic mass is 32.2. The molecular weight excluding hydrogens is 456 g/mol. The third-order valence-corrected chi connectivity index (χ3v) is 10.2. The Morgan fingerprint density at radius 1 is 1.24 bits per heavy atom. The number of nitrogens with one attached hydrogen (secondary N) is 2. The van der Waals surface area contributed by atoms with E-state index >= 15 is 0 Å². The van der Waals surface area contributed by atoms with Gasteiger partial charge in [-0.2, -0.15) is 0 Å². The summed E-state index contributed by atoms with van der Waals surface area (Å²) in [6.07, 6.45) is 2.12. The number of rotatable bonds is 9. The quantitative estimate of drug-likeness (QED) is 0.414. The monoisotopic (exact) mass is 496 g/mol. The fraction of sp³-hybridized carbons (Fsp3) is 0.875. The molecule has 0 aliphatic carbocycles. The molecule has 0 aromatic carbocycles. The van der Waals surface area contributed by atoms with Crippen molar-refractivity contribution in [1.29, 1.82) is 0 Å². The number of aliphatic hydroxyl groups is 1. The number of nitrogens with zero attached hydrogens (tertiary/aromatic N) is 2. The van der Waals surface area contributed by atoms with Crippen LogP contribution in [0.4, 0.5) is 0 Å². The molecule has 4 aliphatic heterocycles. The summed E-state index contributed by atoms with van der Waals surface area (Å²) in [7, 11) is 1.61. The summed E-state index contributed by atoms with van der Waals surface area (Å²) in [5, 5.41) is 16.1. The van der Waals surface area contributed by atoms with Crippen molar-refractivity contribution in [2.24, 2.45) is 17.8 Å². The van der Waals surface area contributed by atoms with E-state index in [1.165, 1.54) is 0 Å². The van der Waals surface area contributed by atoms with E-state index in [-0.39, 0.29) is 35.0 Å². The molecule has 4 saturated heterocycles. The Balaban J connectivity index is 1.62. The predicted octanol–water partition coefficient (Wildman–Crippen LogP) is 0.0691. The first-order chi connectivity index (χ1) is 16.2. The first-order valence-electron chi connectivity index (χ1n) is 12.6. The second-order valence-corrected chi connectivity index (χ2v) is 12.7. The highest BCUT2D eigenvalue weighted by molar-refractivity contribution is 8.02. The van der Waals surface area contributed by atoms with E-state index < -0.39 is 28.7 Å². The van der Waals surface area contributed by atoms with Gasteiger partial charge in [0.05, 0.1) is 42.4 Å². The van der Waals surface area contributed by atoms with Gasteiger partial charge in [-0.05, 0) is 32.1 Å². The Morgan fingerprint density at radius 2 is 1.94 bits per heavy atom. The van der Waals surface area contributed by atoms with E-state index in [4.69, 9.17) is 4.74 Å². The zero-order chi connectivity index (χ0) is 24.7. The van der Waals surface area contributed by atoms with Crippen LogP contribution in [0.15, 0.2) is 0 Å². The van der Waals surface area contributed by atoms with Gasteiger partial charge in [-0.1, -0.05) is 13.8 Å². The number of carbonyl (C=O) groups is 3. The maximum atomic E-state index is 14.0. The lowest BCUT2D eigenvalue weighted by molar-refractivity contribution is -0.143. The molecule has 0 aromatic heterocycles. The van der Waals surface area contributed by atoms with Gasteiger partial charge in [0.15, 0.2) is 0 Å². The largest absolute Gasteiger partial charge is 0.394 e. The minimum atomic E-state index is -0.688. The summed E-state index contributed by atoms with van der Waals surface area (Å²) in [6, 6.07) is -1.13. The number of fused-ring (bicyclic) bond motifs is 1. The Labute approximate surface area is 206 Å². The van der Waals surface area contributed by atoms with Crippen LogP contribution >= 0.6 is 11.8 Å². The molecule has 192 valence electrons. The van der Waals surface area contributed by atoms with E-state index in [0.717, 1.165) is 32.5 Å². The van der Waals surface area contributed by atoms with Crippen LogP contribution in [-0.2, 0) is 19.1 Å². The van der Waals surface area contributed by atoms with E-state index in [1.54, 1.807) is 23.7 Å². The fourth-order valence-corrected chi connectivity index (χ4v) is 9.03. The third-order valence-electron chi connectivity index (χ3n) is 8.17. The summed E-state index contributed by atoms with van der Waals surface area (Å²) in [6.45, 7) is 10.3. The molecule has 3 N–H and O–H groups in total. The minimum absolute atomic E-state index is 0.132. The molecule has 6 atom stereocenters. The summed E-state index contributed by atoms with van der Waals surface area (Å²) in [4.78, 5) is 44.7. The normalized spacial score (nSPS) is 36.1. The molecule has 2 unspecified atom stereocenters. The molecule has 4 heterocycles. The van der Waals surface area contributed by atoms with Crippen molar-refractivity contribution < 1.29 is 24.2 Å². The molecule has 3 amide bonds. The Kier molecular flexibility index (Phi) is 7.53. The molecular formula is C24H40N4O5S. The summed E-state index contributed by atoms with van der Waals surface area (Å²) < 4.78 is 4.39. The van der Waals surface area contributed by atoms with E-state index in [2.05, 4.69) is 36.3 Å². The van der Waals surface area contributed by atoms with Crippen molar-refractivity contribution in [2.75, 3.05) is 53.0 Å². The molecule has 4 rings (SSSR count). The molecule has 4 fully saturated rings. The fourth-order valence-electron chi connectivity index (χ4n) is 6.69. The molecule has 0 radical (unpaired) electrons. The van der Waals surface area contributed by atoms with Gasteiger partial charge in [0, 0.05) is 38.0 Å². The van der Waals surface area contributed by atoms with Crippen LogP contribution in [0.1, 0.15) is 40.0 Å². The second-order valence-electron chi connectivity index (χ2n) is 10.8. The first-order valence-corrected chi connectivity index (χ1v) is 13.4. The van der Waals surface area contributed by atoms with E-state index in [0.29, 0.717) is 26.2 Å². The van der Waals surface area contributed by atoms with Gasteiger partial charge in [-0.3, -0.25) is 19.3 Å². The number of likely N-dealkylation sites (tertiary alicyclic amines) is 1. The van der Waals surface area contributed by atoms with Gasteiger partial charge >= 0.3 is 0 Å². The lowest BCUT2D eigenvalue weighted by Crippen LogP contribution is -2.57. The summed E-state index contributed by atoms with van der Waals surface area (Å²) in [5.41, 5.74) is 0. The molecule has 4 aliphatic rings. The smallest absolute Gasteiger partial charge is 0.244 e. The number of hydrogen-bond acceptors (Lipinski definition) is 7. The van der Waals surface area contributed by atoms with Crippen LogP contribution in [0.2, 0.25) is 0 Å². The van der Waals surface area contributed by atoms with Gasteiger partial charge in [-0.15, -0.1) is 11.8 Å². The first kappa shape index (κ1) is 25.7. The SMILES string of the molecule is CNC(=O)[C@H]1[C@H]2C(=O)N([C@@H](CO)CC(C)C)C(C(=O)NCCN3CCOCC3)C23CC[C@]1(C)S3. The lowest BCUT2D eigenvalue weighted by atomic mass is 9.66. The van der Waals surface area contributed by atoms with Gasteiger partial charge in [0.1, 0.15) is 6.04 Å². The Hall–Kier alpha value is -1.36. The standard InChI is InChI=1S/C24H40N4O5S/c1-15(2)13-16(14-29)28-19(21(31)26-7-8-27-9-11-33-12-10-27)24-6-5-23(3,34-24)17(20(30)25-4)18(24)22(28)32/h15-19,29H,5-14H2,1-4H3,(H,25,30)(H,26,31)/t16-,17-,18+,19?,23+,24?/m1/s1. The predicted molar refractivity (Wildman–Crippen MR) is 130 cm³/mol. The zero-order valence-corrected chi connectivity index (χ0v) is 21.7. The van der Waals surface area contributed by atoms with Crippen molar-refractivity contribution in [3.05, 3.63) is 0 Å². The van der Waals surface area contributed by atoms with Gasteiger partial charge in [0.25, 0.3) is 0 Å². The maximum absolute atomic E-state index is 14.0. The topological polar surface area (TPSA) is 111 Å². The number of hydrogen-bond donors (Lipinski definition) is 3. The minimum Gasteiger partial charge on any atom is -0.394 e. The third kappa shape index (κ3) is 4.24. The number of amides is 3. The zero-order valence-electron chi connectivity index (χ0n) is 20.8. The number of carbonyl (C=O) groups excluding carboxylic acids is 3. The summed E-state index contributed by atoms with van der Waals surface area (Å²) in [5.74, 6) is -1.22. The maximum Gasteiger partial charge on any atom is 0.244 e. The Bertz CT molecular complexity index is 806. The highest BCUT2D eigenvalue weighted by Crippen LogP contribution is 2.71. The second kappa shape index (κ2) is 9.95. The molecule has 0 saturated carbocycles. The number of thioether (sulfide) groups is 1. The van der Waals surface area contributed by atoms with Crippen molar-refractivity contribution in [3.8, 4) is 0 Å². The average molecular weight is 497 g/mol. The van der Waals surface area contributed by atoms with Gasteiger partial charge < -0.3 is 25.4 Å². The highest BCUT2D eigenvalue weighted by Gasteiger charge is 2.77. The number of ether oxygens (including phenoxy) is 1. The number of morpholine rings is 1. The van der Waals surface area contributed by atoms with Crippen molar-refractivity contribution >= 4 is 29.5 Å². The Morgan fingerprint density at radius 3 is 2.56 bits per heavy atom.